The highest BCUT2D eigenvalue weighted by Crippen LogP contribution is 2.35. The summed E-state index contributed by atoms with van der Waals surface area (Å²) in [6, 6.07) is 0.430. The van der Waals surface area contributed by atoms with Gasteiger partial charge in [-0.05, 0) is 12.8 Å². The molecule has 0 bridgehead atoms. The molecule has 0 spiro atoms. The van der Waals surface area contributed by atoms with E-state index in [0.717, 1.165) is 5.25 Å². The quantitative estimate of drug-likeness (QED) is 0.669. The molecule has 0 radical (unpaired) electrons. The molecule has 3 heteroatoms. The van der Waals surface area contributed by atoms with Crippen LogP contribution in [0.25, 0.3) is 0 Å². The predicted molar refractivity (Wildman–Crippen MR) is 84.1 cm³/mol. The Hall–Kier alpha value is 0.660. The molecule has 1 heterocycles. The summed E-state index contributed by atoms with van der Waals surface area (Å²) in [6.45, 7) is 4.58. The summed E-state index contributed by atoms with van der Waals surface area (Å²) in [6.07, 6.45) is 9.35. The van der Waals surface area contributed by atoms with Crippen molar-refractivity contribution in [2.24, 2.45) is 5.73 Å². The number of thioether (sulfide) groups is 2. The molecule has 1 fully saturated rings. The molecule has 1 aliphatic heterocycles. The van der Waals surface area contributed by atoms with E-state index in [0.29, 0.717) is 11.3 Å². The fourth-order valence-corrected chi connectivity index (χ4v) is 5.72. The van der Waals surface area contributed by atoms with E-state index in [9.17, 15) is 0 Å². The smallest absolute Gasteiger partial charge is 0.0317 e. The van der Waals surface area contributed by atoms with E-state index < -0.39 is 0 Å². The molecule has 102 valence electrons. The van der Waals surface area contributed by atoms with Gasteiger partial charge in [-0.3, -0.25) is 0 Å². The van der Waals surface area contributed by atoms with Crippen molar-refractivity contribution in [3.8, 4) is 0 Å². The third kappa shape index (κ3) is 5.89. The van der Waals surface area contributed by atoms with Crippen LogP contribution in [-0.4, -0.2) is 28.0 Å². The van der Waals surface area contributed by atoms with Crippen molar-refractivity contribution in [1.29, 1.82) is 0 Å². The zero-order chi connectivity index (χ0) is 12.5. The van der Waals surface area contributed by atoms with Crippen molar-refractivity contribution >= 4 is 23.5 Å². The minimum absolute atomic E-state index is 0.430. The average Bonchev–Trinajstić information content (AvgIpc) is 2.38. The molecule has 1 rings (SSSR count). The Morgan fingerprint density at radius 2 is 1.76 bits per heavy atom. The number of nitrogens with two attached hydrogens (primary N) is 1. The van der Waals surface area contributed by atoms with Gasteiger partial charge in [0.15, 0.2) is 0 Å². The van der Waals surface area contributed by atoms with Gasteiger partial charge in [-0.2, -0.15) is 23.5 Å². The molecule has 0 amide bonds. The molecule has 0 aromatic rings. The lowest BCUT2D eigenvalue weighted by atomic mass is 10.0. The topological polar surface area (TPSA) is 26.0 Å². The molecular formula is C14H29NS2. The van der Waals surface area contributed by atoms with E-state index in [1.54, 1.807) is 0 Å². The average molecular weight is 276 g/mol. The molecule has 0 saturated carbocycles. The molecule has 3 unspecified atom stereocenters. The molecule has 0 aromatic carbocycles. The lowest BCUT2D eigenvalue weighted by Crippen LogP contribution is -2.41. The molecule has 0 aromatic heterocycles. The Balaban J connectivity index is 2.18. The number of hydrogen-bond donors (Lipinski definition) is 1. The van der Waals surface area contributed by atoms with Crippen LogP contribution in [0.5, 0.6) is 0 Å². The first-order valence-electron chi connectivity index (χ1n) is 7.28. The van der Waals surface area contributed by atoms with Gasteiger partial charge in [0.25, 0.3) is 0 Å². The molecule has 1 nitrogen and oxygen atoms in total. The van der Waals surface area contributed by atoms with Crippen molar-refractivity contribution < 1.29 is 0 Å². The summed E-state index contributed by atoms with van der Waals surface area (Å²) in [5.41, 5.74) is 6.39. The Morgan fingerprint density at radius 3 is 2.47 bits per heavy atom. The summed E-state index contributed by atoms with van der Waals surface area (Å²) in [7, 11) is 0. The van der Waals surface area contributed by atoms with Crippen LogP contribution in [0.1, 0.15) is 58.8 Å². The van der Waals surface area contributed by atoms with Crippen molar-refractivity contribution in [3.05, 3.63) is 0 Å². The van der Waals surface area contributed by atoms with E-state index in [2.05, 4.69) is 37.4 Å². The normalized spacial score (nSPS) is 27.0. The SMILES string of the molecule is CCCCCCCC(N)C1SCCSC1CC. The van der Waals surface area contributed by atoms with Gasteiger partial charge < -0.3 is 5.73 Å². The molecule has 3 atom stereocenters. The number of rotatable bonds is 8. The number of unbranched alkanes of at least 4 members (excludes halogenated alkanes) is 4. The van der Waals surface area contributed by atoms with E-state index >= 15 is 0 Å². The second-order valence-electron chi connectivity index (χ2n) is 5.02. The van der Waals surface area contributed by atoms with E-state index in [1.807, 2.05) is 0 Å². The van der Waals surface area contributed by atoms with Gasteiger partial charge in [-0.15, -0.1) is 0 Å². The maximum absolute atomic E-state index is 6.39. The largest absolute Gasteiger partial charge is 0.327 e. The Kier molecular flexibility index (Phi) is 8.85. The van der Waals surface area contributed by atoms with Crippen LogP contribution in [0.3, 0.4) is 0 Å². The van der Waals surface area contributed by atoms with Gasteiger partial charge in [-0.1, -0.05) is 46.0 Å². The summed E-state index contributed by atoms with van der Waals surface area (Å²) in [4.78, 5) is 0. The lowest BCUT2D eigenvalue weighted by Gasteiger charge is -2.34. The van der Waals surface area contributed by atoms with Gasteiger partial charge in [0, 0.05) is 28.0 Å². The molecule has 1 saturated heterocycles. The van der Waals surface area contributed by atoms with Crippen molar-refractivity contribution in [2.75, 3.05) is 11.5 Å². The van der Waals surface area contributed by atoms with Gasteiger partial charge in [0.2, 0.25) is 0 Å². The van der Waals surface area contributed by atoms with Crippen LogP contribution < -0.4 is 5.73 Å². The monoisotopic (exact) mass is 275 g/mol. The third-order valence-corrected chi connectivity index (χ3v) is 6.99. The molecule has 17 heavy (non-hydrogen) atoms. The first kappa shape index (κ1) is 15.7. The van der Waals surface area contributed by atoms with Gasteiger partial charge >= 0.3 is 0 Å². The van der Waals surface area contributed by atoms with Crippen molar-refractivity contribution in [3.63, 3.8) is 0 Å². The number of hydrogen-bond acceptors (Lipinski definition) is 3. The minimum Gasteiger partial charge on any atom is -0.327 e. The maximum Gasteiger partial charge on any atom is 0.0317 e. The highest BCUT2D eigenvalue weighted by molar-refractivity contribution is 8.07. The summed E-state index contributed by atoms with van der Waals surface area (Å²) in [5.74, 6) is 2.62. The van der Waals surface area contributed by atoms with Crippen LogP contribution in [0.4, 0.5) is 0 Å². The first-order chi connectivity index (χ1) is 8.29. The Labute approximate surface area is 116 Å². The van der Waals surface area contributed by atoms with Crippen LogP contribution in [0.15, 0.2) is 0 Å². The Bertz CT molecular complexity index is 187. The van der Waals surface area contributed by atoms with Gasteiger partial charge in [-0.25, -0.2) is 0 Å². The van der Waals surface area contributed by atoms with Crippen molar-refractivity contribution in [1.82, 2.24) is 0 Å². The van der Waals surface area contributed by atoms with Crippen molar-refractivity contribution in [2.45, 2.75) is 75.3 Å². The van der Waals surface area contributed by atoms with E-state index in [1.165, 1.54) is 56.5 Å². The van der Waals surface area contributed by atoms with Crippen LogP contribution in [0, 0.1) is 0 Å². The zero-order valence-corrected chi connectivity index (χ0v) is 13.1. The molecular weight excluding hydrogens is 246 g/mol. The summed E-state index contributed by atoms with van der Waals surface area (Å²) < 4.78 is 0. The van der Waals surface area contributed by atoms with Gasteiger partial charge in [0.1, 0.15) is 0 Å². The third-order valence-electron chi connectivity index (χ3n) is 3.56. The second kappa shape index (κ2) is 9.57. The minimum atomic E-state index is 0.430. The molecule has 2 N–H and O–H groups in total. The highest BCUT2D eigenvalue weighted by atomic mass is 32.2. The van der Waals surface area contributed by atoms with Crippen LogP contribution in [-0.2, 0) is 0 Å². The fourth-order valence-electron chi connectivity index (χ4n) is 2.48. The van der Waals surface area contributed by atoms with Crippen LogP contribution in [0.2, 0.25) is 0 Å². The molecule has 1 aliphatic rings. The lowest BCUT2D eigenvalue weighted by molar-refractivity contribution is 0.514. The first-order valence-corrected chi connectivity index (χ1v) is 9.38. The summed E-state index contributed by atoms with van der Waals surface area (Å²) in [5, 5.41) is 1.52. The summed E-state index contributed by atoms with van der Waals surface area (Å²) >= 11 is 4.27. The molecule has 0 aliphatic carbocycles. The van der Waals surface area contributed by atoms with E-state index in [-0.39, 0.29) is 0 Å². The second-order valence-corrected chi connectivity index (χ2v) is 7.65. The van der Waals surface area contributed by atoms with Crippen LogP contribution >= 0.6 is 23.5 Å². The van der Waals surface area contributed by atoms with E-state index in [4.69, 9.17) is 5.73 Å². The standard InChI is InChI=1S/C14H29NS2/c1-3-5-6-7-8-9-12(15)14-13(4-2)16-10-11-17-14/h12-14H,3-11,15H2,1-2H3. The highest BCUT2D eigenvalue weighted by Gasteiger charge is 2.29. The Morgan fingerprint density at radius 1 is 1.06 bits per heavy atom. The van der Waals surface area contributed by atoms with Gasteiger partial charge in [0.05, 0.1) is 0 Å². The maximum atomic E-state index is 6.39. The predicted octanol–water partition coefficient (Wildman–Crippen LogP) is 4.30. The fraction of sp³-hybridized carbons (Fsp3) is 1.00. The zero-order valence-electron chi connectivity index (χ0n) is 11.5.